The number of carbonyl (C=O) groups excluding carboxylic acids is 1. The minimum atomic E-state index is -0.248. The monoisotopic (exact) mass is 224 g/mol. The number of ether oxygens (including phenoxy) is 1. The largest absolute Gasteiger partial charge is 0.383 e. The van der Waals surface area contributed by atoms with Crippen molar-refractivity contribution in [2.75, 3.05) is 19.1 Å². The number of nitrogen functional groups attached to an aromatic ring is 1. The van der Waals surface area contributed by atoms with E-state index in [-0.39, 0.29) is 11.9 Å². The van der Waals surface area contributed by atoms with Crippen molar-refractivity contribution >= 4 is 11.7 Å². The lowest BCUT2D eigenvalue weighted by Gasteiger charge is -2.12. The molecule has 1 atom stereocenters. The maximum atomic E-state index is 11.7. The Hall–Kier alpha value is -1.66. The Balaban J connectivity index is 2.65. The number of rotatable bonds is 5. The van der Waals surface area contributed by atoms with Crippen molar-refractivity contribution < 1.29 is 9.53 Å². The van der Waals surface area contributed by atoms with E-state index in [2.05, 4.69) is 15.7 Å². The van der Waals surface area contributed by atoms with Gasteiger partial charge in [0.25, 0.3) is 5.91 Å². The fourth-order valence-electron chi connectivity index (χ4n) is 1.23. The minimum absolute atomic E-state index is 0.0613. The van der Waals surface area contributed by atoms with Crippen molar-refractivity contribution in [1.82, 2.24) is 10.3 Å². The van der Waals surface area contributed by atoms with Crippen molar-refractivity contribution in [3.05, 3.63) is 23.9 Å². The molecule has 0 bridgehead atoms. The number of hydrazine groups is 1. The summed E-state index contributed by atoms with van der Waals surface area (Å²) in [5.74, 6) is 5.41. The number of nitrogens with one attached hydrogen (secondary N) is 2. The van der Waals surface area contributed by atoms with Gasteiger partial charge in [-0.1, -0.05) is 6.07 Å². The number of nitrogens with zero attached hydrogens (tertiary/aromatic N) is 1. The molecule has 0 fully saturated rings. The molecule has 6 nitrogen and oxygen atoms in total. The average Bonchev–Trinajstić information content (AvgIpc) is 2.29. The zero-order chi connectivity index (χ0) is 12.0. The third kappa shape index (κ3) is 3.48. The summed E-state index contributed by atoms with van der Waals surface area (Å²) in [6, 6.07) is 4.94. The van der Waals surface area contributed by atoms with Crippen molar-refractivity contribution in [3.8, 4) is 0 Å². The fraction of sp³-hybridized carbons (Fsp3) is 0.400. The van der Waals surface area contributed by atoms with Crippen LogP contribution in [0.25, 0.3) is 0 Å². The van der Waals surface area contributed by atoms with Crippen molar-refractivity contribution in [2.24, 2.45) is 5.84 Å². The van der Waals surface area contributed by atoms with E-state index in [0.29, 0.717) is 18.1 Å². The van der Waals surface area contributed by atoms with Crippen molar-refractivity contribution in [2.45, 2.75) is 13.0 Å². The van der Waals surface area contributed by atoms with Gasteiger partial charge in [-0.15, -0.1) is 0 Å². The molecule has 16 heavy (non-hydrogen) atoms. The van der Waals surface area contributed by atoms with Crippen molar-refractivity contribution in [3.63, 3.8) is 0 Å². The summed E-state index contributed by atoms with van der Waals surface area (Å²) in [7, 11) is 1.58. The molecule has 1 rings (SSSR count). The molecule has 1 unspecified atom stereocenters. The number of hydrogen-bond acceptors (Lipinski definition) is 5. The molecule has 88 valence electrons. The first-order valence-electron chi connectivity index (χ1n) is 4.91. The summed E-state index contributed by atoms with van der Waals surface area (Å²) in [5, 5.41) is 2.75. The number of methoxy groups -OCH3 is 1. The molecule has 6 heteroatoms. The van der Waals surface area contributed by atoms with Crippen molar-refractivity contribution in [1.29, 1.82) is 0 Å². The Morgan fingerprint density at radius 2 is 2.38 bits per heavy atom. The summed E-state index contributed by atoms with van der Waals surface area (Å²) < 4.78 is 4.92. The van der Waals surface area contributed by atoms with Gasteiger partial charge in [0.05, 0.1) is 6.61 Å². The number of amides is 1. The third-order valence-electron chi connectivity index (χ3n) is 1.92. The highest BCUT2D eigenvalue weighted by atomic mass is 16.5. The van der Waals surface area contributed by atoms with E-state index < -0.39 is 0 Å². The van der Waals surface area contributed by atoms with Gasteiger partial charge in [-0.3, -0.25) is 4.79 Å². The Labute approximate surface area is 94.2 Å². The number of carbonyl (C=O) groups is 1. The van der Waals surface area contributed by atoms with Gasteiger partial charge in [-0.05, 0) is 19.1 Å². The number of pyridine rings is 1. The van der Waals surface area contributed by atoms with Gasteiger partial charge in [0.15, 0.2) is 0 Å². The predicted molar refractivity (Wildman–Crippen MR) is 60.9 cm³/mol. The second kappa shape index (κ2) is 6.04. The Bertz CT molecular complexity index is 356. The van der Waals surface area contributed by atoms with E-state index in [0.717, 1.165) is 0 Å². The highest BCUT2D eigenvalue weighted by molar-refractivity contribution is 5.92. The topological polar surface area (TPSA) is 89.3 Å². The first kappa shape index (κ1) is 12.4. The smallest absolute Gasteiger partial charge is 0.270 e. The number of aromatic nitrogens is 1. The van der Waals surface area contributed by atoms with E-state index in [1.807, 2.05) is 6.92 Å². The van der Waals surface area contributed by atoms with Crippen LogP contribution >= 0.6 is 0 Å². The molecule has 0 aliphatic rings. The minimum Gasteiger partial charge on any atom is -0.383 e. The highest BCUT2D eigenvalue weighted by Crippen LogP contribution is 2.03. The Morgan fingerprint density at radius 3 is 3.00 bits per heavy atom. The van der Waals surface area contributed by atoms with Crippen LogP contribution < -0.4 is 16.6 Å². The lowest BCUT2D eigenvalue weighted by Crippen LogP contribution is -2.36. The summed E-state index contributed by atoms with van der Waals surface area (Å²) in [6.45, 7) is 2.31. The Kier molecular flexibility index (Phi) is 4.68. The molecule has 1 amide bonds. The van der Waals surface area contributed by atoms with Gasteiger partial charge in [-0.2, -0.15) is 0 Å². The Morgan fingerprint density at radius 1 is 1.62 bits per heavy atom. The van der Waals surface area contributed by atoms with Crippen LogP contribution in [0.15, 0.2) is 18.2 Å². The van der Waals surface area contributed by atoms with E-state index in [1.54, 1.807) is 25.3 Å². The average molecular weight is 224 g/mol. The lowest BCUT2D eigenvalue weighted by atomic mass is 10.3. The van der Waals surface area contributed by atoms with Gasteiger partial charge in [0.2, 0.25) is 0 Å². The molecule has 4 N–H and O–H groups in total. The van der Waals surface area contributed by atoms with Gasteiger partial charge in [0.1, 0.15) is 11.5 Å². The zero-order valence-corrected chi connectivity index (χ0v) is 9.36. The molecule has 0 spiro atoms. The molecular weight excluding hydrogens is 208 g/mol. The van der Waals surface area contributed by atoms with Gasteiger partial charge < -0.3 is 15.5 Å². The number of anilines is 1. The third-order valence-corrected chi connectivity index (χ3v) is 1.92. The second-order valence-corrected chi connectivity index (χ2v) is 3.38. The lowest BCUT2D eigenvalue weighted by molar-refractivity contribution is 0.0900. The molecule has 0 saturated heterocycles. The summed E-state index contributed by atoms with van der Waals surface area (Å²) >= 11 is 0. The normalized spacial score (nSPS) is 11.9. The van der Waals surface area contributed by atoms with Crippen LogP contribution in [0.4, 0.5) is 5.82 Å². The molecule has 0 aromatic carbocycles. The summed E-state index contributed by atoms with van der Waals surface area (Å²) in [6.07, 6.45) is 0. The van der Waals surface area contributed by atoms with Crippen LogP contribution in [-0.4, -0.2) is 30.6 Å². The highest BCUT2D eigenvalue weighted by Gasteiger charge is 2.10. The second-order valence-electron chi connectivity index (χ2n) is 3.38. The molecule has 0 saturated carbocycles. The zero-order valence-electron chi connectivity index (χ0n) is 9.36. The first-order chi connectivity index (χ1) is 7.67. The molecule has 1 aromatic rings. The van der Waals surface area contributed by atoms with E-state index in [4.69, 9.17) is 10.6 Å². The van der Waals surface area contributed by atoms with Crippen LogP contribution in [0, 0.1) is 0 Å². The predicted octanol–water partition coefficient (Wildman–Crippen LogP) is 0.132. The quantitative estimate of drug-likeness (QED) is 0.488. The van der Waals surface area contributed by atoms with Gasteiger partial charge in [0, 0.05) is 13.2 Å². The molecule has 0 aliphatic carbocycles. The maximum absolute atomic E-state index is 11.7. The van der Waals surface area contributed by atoms with Crippen LogP contribution in [0.2, 0.25) is 0 Å². The SMILES string of the molecule is COCC(C)NC(=O)c1cccc(NN)n1. The fourth-order valence-corrected chi connectivity index (χ4v) is 1.23. The molecule has 0 aliphatic heterocycles. The first-order valence-corrected chi connectivity index (χ1v) is 4.91. The molecule has 1 heterocycles. The van der Waals surface area contributed by atoms with E-state index in [1.165, 1.54) is 0 Å². The van der Waals surface area contributed by atoms with E-state index >= 15 is 0 Å². The van der Waals surface area contributed by atoms with Crippen LogP contribution in [0.5, 0.6) is 0 Å². The van der Waals surface area contributed by atoms with Gasteiger partial charge >= 0.3 is 0 Å². The molecule has 0 radical (unpaired) electrons. The maximum Gasteiger partial charge on any atom is 0.270 e. The van der Waals surface area contributed by atoms with Crippen LogP contribution in [-0.2, 0) is 4.74 Å². The van der Waals surface area contributed by atoms with Gasteiger partial charge in [-0.25, -0.2) is 10.8 Å². The summed E-state index contributed by atoms with van der Waals surface area (Å²) in [4.78, 5) is 15.7. The standard InChI is InChI=1S/C10H16N4O2/c1-7(6-16-2)12-10(15)8-4-3-5-9(13-8)14-11/h3-5,7H,6,11H2,1-2H3,(H,12,15)(H,13,14). The van der Waals surface area contributed by atoms with Crippen LogP contribution in [0.1, 0.15) is 17.4 Å². The number of hydrogen-bond donors (Lipinski definition) is 3. The summed E-state index contributed by atoms with van der Waals surface area (Å²) in [5.41, 5.74) is 2.70. The molecular formula is C10H16N4O2. The van der Waals surface area contributed by atoms with E-state index in [9.17, 15) is 4.79 Å². The number of nitrogens with two attached hydrogens (primary N) is 1. The van der Waals surface area contributed by atoms with Crippen LogP contribution in [0.3, 0.4) is 0 Å². The molecule has 1 aromatic heterocycles.